The second kappa shape index (κ2) is 11.0. The normalized spacial score (nSPS) is 13.3. The summed E-state index contributed by atoms with van der Waals surface area (Å²) in [5, 5.41) is 2.81. The second-order valence-electron chi connectivity index (χ2n) is 6.50. The van der Waals surface area contributed by atoms with Gasteiger partial charge in [0.25, 0.3) is 0 Å². The van der Waals surface area contributed by atoms with Gasteiger partial charge >= 0.3 is 15.3 Å². The molecular formula is C20H29NO6P2. The van der Waals surface area contributed by atoms with Crippen LogP contribution in [0.4, 0.5) is 0 Å². The molecule has 0 aliphatic heterocycles. The summed E-state index contributed by atoms with van der Waals surface area (Å²) >= 11 is 0. The SMILES string of the molecule is CCOP(=O)(NC(C(C)C)P(=O)(Oc1ccccc1)Oc1ccccc1)OCC. The molecule has 2 aromatic carbocycles. The van der Waals surface area contributed by atoms with Crippen LogP contribution < -0.4 is 14.1 Å². The average Bonchev–Trinajstić information content (AvgIpc) is 2.68. The molecule has 160 valence electrons. The van der Waals surface area contributed by atoms with Crippen molar-refractivity contribution < 1.29 is 27.2 Å². The van der Waals surface area contributed by atoms with Gasteiger partial charge in [-0.25, -0.2) is 14.2 Å². The molecular weight excluding hydrogens is 412 g/mol. The van der Waals surface area contributed by atoms with E-state index >= 15 is 0 Å². The quantitative estimate of drug-likeness (QED) is 0.399. The summed E-state index contributed by atoms with van der Waals surface area (Å²) in [7, 11) is -7.63. The molecule has 0 saturated heterocycles. The lowest BCUT2D eigenvalue weighted by molar-refractivity contribution is 0.204. The largest absolute Gasteiger partial charge is 0.448 e. The Morgan fingerprint density at radius 3 is 1.55 bits per heavy atom. The Bertz CT molecular complexity index is 776. The van der Waals surface area contributed by atoms with E-state index in [-0.39, 0.29) is 19.1 Å². The molecule has 0 fully saturated rings. The first-order chi connectivity index (χ1) is 13.8. The Morgan fingerprint density at radius 2 is 1.21 bits per heavy atom. The van der Waals surface area contributed by atoms with Gasteiger partial charge in [0.15, 0.2) is 0 Å². The van der Waals surface area contributed by atoms with Gasteiger partial charge in [-0.1, -0.05) is 50.2 Å². The molecule has 9 heteroatoms. The van der Waals surface area contributed by atoms with E-state index in [0.717, 1.165) is 0 Å². The molecule has 0 bridgehead atoms. The third kappa shape index (κ3) is 6.98. The zero-order valence-corrected chi connectivity index (χ0v) is 19.0. The zero-order valence-electron chi connectivity index (χ0n) is 17.2. The van der Waals surface area contributed by atoms with Crippen molar-refractivity contribution in [2.75, 3.05) is 13.2 Å². The number of benzene rings is 2. The van der Waals surface area contributed by atoms with E-state index in [1.165, 1.54) is 0 Å². The van der Waals surface area contributed by atoms with Gasteiger partial charge in [0.2, 0.25) is 0 Å². The molecule has 1 atom stereocenters. The van der Waals surface area contributed by atoms with E-state index in [0.29, 0.717) is 11.5 Å². The van der Waals surface area contributed by atoms with Crippen LogP contribution in [0.15, 0.2) is 60.7 Å². The number of para-hydroxylation sites is 2. The molecule has 2 aromatic rings. The summed E-state index contributed by atoms with van der Waals surface area (Å²) in [6.07, 6.45) is 0. The fourth-order valence-electron chi connectivity index (χ4n) is 2.59. The van der Waals surface area contributed by atoms with Crippen LogP contribution in [-0.2, 0) is 18.2 Å². The maximum Gasteiger partial charge on any atom is 0.448 e. The van der Waals surface area contributed by atoms with Crippen molar-refractivity contribution >= 4 is 15.3 Å². The monoisotopic (exact) mass is 441 g/mol. The van der Waals surface area contributed by atoms with Crippen LogP contribution in [0.3, 0.4) is 0 Å². The molecule has 0 aliphatic carbocycles. The van der Waals surface area contributed by atoms with Gasteiger partial charge in [-0.3, -0.25) is 9.05 Å². The molecule has 2 rings (SSSR count). The summed E-state index contributed by atoms with van der Waals surface area (Å²) in [5.41, 5.74) is 0. The van der Waals surface area contributed by atoms with Gasteiger partial charge in [-0.2, -0.15) is 0 Å². The van der Waals surface area contributed by atoms with Gasteiger partial charge in [0, 0.05) is 0 Å². The Labute approximate surface area is 172 Å². The van der Waals surface area contributed by atoms with E-state index in [4.69, 9.17) is 18.1 Å². The van der Waals surface area contributed by atoms with Gasteiger partial charge in [0.1, 0.15) is 17.3 Å². The first-order valence-corrected chi connectivity index (χ1v) is 12.7. The van der Waals surface area contributed by atoms with Crippen molar-refractivity contribution in [1.29, 1.82) is 0 Å². The fraction of sp³-hybridized carbons (Fsp3) is 0.400. The number of rotatable bonds is 12. The Balaban J connectivity index is 2.43. The van der Waals surface area contributed by atoms with Gasteiger partial charge < -0.3 is 9.05 Å². The summed E-state index contributed by atoms with van der Waals surface area (Å²) < 4.78 is 49.5. The van der Waals surface area contributed by atoms with E-state index in [1.807, 2.05) is 26.0 Å². The molecule has 0 saturated carbocycles. The smallest absolute Gasteiger partial charge is 0.415 e. The highest BCUT2D eigenvalue weighted by Crippen LogP contribution is 2.58. The van der Waals surface area contributed by atoms with Crippen LogP contribution in [0.5, 0.6) is 11.5 Å². The molecule has 0 radical (unpaired) electrons. The highest BCUT2D eigenvalue weighted by atomic mass is 31.2. The lowest BCUT2D eigenvalue weighted by atomic mass is 10.2. The summed E-state index contributed by atoms with van der Waals surface area (Å²) in [6, 6.07) is 17.5. The molecule has 7 nitrogen and oxygen atoms in total. The van der Waals surface area contributed by atoms with Crippen molar-refractivity contribution in [3.63, 3.8) is 0 Å². The first kappa shape index (κ1) is 23.7. The topological polar surface area (TPSA) is 83.1 Å². The Morgan fingerprint density at radius 1 is 0.793 bits per heavy atom. The molecule has 1 N–H and O–H groups in total. The van der Waals surface area contributed by atoms with Gasteiger partial charge in [-0.05, 0) is 44.0 Å². The number of hydrogen-bond donors (Lipinski definition) is 1. The molecule has 29 heavy (non-hydrogen) atoms. The highest BCUT2D eigenvalue weighted by Gasteiger charge is 2.46. The van der Waals surface area contributed by atoms with Crippen molar-refractivity contribution in [1.82, 2.24) is 5.09 Å². The minimum Gasteiger partial charge on any atom is -0.415 e. The first-order valence-electron chi connectivity index (χ1n) is 9.58. The van der Waals surface area contributed by atoms with Crippen LogP contribution in [0.25, 0.3) is 0 Å². The van der Waals surface area contributed by atoms with Crippen molar-refractivity contribution in [2.45, 2.75) is 33.5 Å². The summed E-state index contributed by atoms with van der Waals surface area (Å²) in [4.78, 5) is 0. The summed E-state index contributed by atoms with van der Waals surface area (Å²) in [5.74, 6) is -0.474. The number of hydrogen-bond acceptors (Lipinski definition) is 6. The summed E-state index contributed by atoms with van der Waals surface area (Å²) in [6.45, 7) is 7.40. The van der Waals surface area contributed by atoms with E-state index in [1.54, 1.807) is 62.4 Å². The number of nitrogens with one attached hydrogen (secondary N) is 1. The van der Waals surface area contributed by atoms with Crippen LogP contribution in [0.2, 0.25) is 0 Å². The molecule has 0 amide bonds. The zero-order chi connectivity index (χ0) is 21.3. The molecule has 0 aliphatic rings. The van der Waals surface area contributed by atoms with E-state index in [9.17, 15) is 9.13 Å². The van der Waals surface area contributed by atoms with Crippen LogP contribution in [0.1, 0.15) is 27.7 Å². The van der Waals surface area contributed by atoms with Crippen molar-refractivity contribution in [2.24, 2.45) is 5.92 Å². The third-order valence-electron chi connectivity index (χ3n) is 3.81. The Hall–Kier alpha value is -1.62. The molecule has 1 unspecified atom stereocenters. The molecule has 0 aromatic heterocycles. The maximum atomic E-state index is 14.0. The maximum absolute atomic E-state index is 14.0. The molecule has 0 heterocycles. The lowest BCUT2D eigenvalue weighted by Gasteiger charge is -2.32. The van der Waals surface area contributed by atoms with E-state index < -0.39 is 21.1 Å². The van der Waals surface area contributed by atoms with E-state index in [2.05, 4.69) is 5.09 Å². The standard InChI is InChI=1S/C20H29NO6P2/c1-5-24-29(23,25-6-2)21-20(17(3)4)28(22,26-18-13-9-7-10-14-18)27-19-15-11-8-12-16-19/h7-17,20H,5-6H2,1-4H3,(H,21,23). The predicted molar refractivity (Wildman–Crippen MR) is 114 cm³/mol. The van der Waals surface area contributed by atoms with Gasteiger partial charge in [0.05, 0.1) is 13.2 Å². The van der Waals surface area contributed by atoms with Crippen LogP contribution >= 0.6 is 15.3 Å². The Kier molecular flexibility index (Phi) is 8.94. The fourth-order valence-corrected chi connectivity index (χ4v) is 6.93. The lowest BCUT2D eigenvalue weighted by Crippen LogP contribution is -2.36. The van der Waals surface area contributed by atoms with Crippen molar-refractivity contribution in [3.8, 4) is 11.5 Å². The minimum atomic E-state index is -3.92. The third-order valence-corrected chi connectivity index (χ3v) is 8.14. The average molecular weight is 441 g/mol. The van der Waals surface area contributed by atoms with Crippen LogP contribution in [-0.4, -0.2) is 19.0 Å². The van der Waals surface area contributed by atoms with Gasteiger partial charge in [-0.15, -0.1) is 0 Å². The molecule has 0 spiro atoms. The minimum absolute atomic E-state index is 0.165. The van der Waals surface area contributed by atoms with Crippen LogP contribution in [0, 0.1) is 5.92 Å². The second-order valence-corrected chi connectivity index (χ2v) is 10.3. The van der Waals surface area contributed by atoms with Crippen molar-refractivity contribution in [3.05, 3.63) is 60.7 Å². The highest BCUT2D eigenvalue weighted by molar-refractivity contribution is 7.58. The predicted octanol–water partition coefficient (Wildman–Crippen LogP) is 6.09.